The Morgan fingerprint density at radius 1 is 0.190 bits per heavy atom. The maximum absolute atomic E-state index is 2.45. The lowest BCUT2D eigenvalue weighted by Gasteiger charge is -2.20. The topological polar surface area (TPSA) is 0 Å². The van der Waals surface area contributed by atoms with Crippen LogP contribution in [0.3, 0.4) is 0 Å². The summed E-state index contributed by atoms with van der Waals surface area (Å²) in [6.07, 6.45) is 0. The maximum Gasteiger partial charge on any atom is -0.00206 e. The molecule has 0 saturated heterocycles. The molecule has 0 heterocycles. The molecule has 0 atom stereocenters. The van der Waals surface area contributed by atoms with E-state index < -0.39 is 0 Å². The molecule has 11 aromatic rings. The van der Waals surface area contributed by atoms with E-state index in [0.717, 1.165) is 0 Å². The molecule has 0 unspecified atom stereocenters. The molecule has 0 saturated carbocycles. The summed E-state index contributed by atoms with van der Waals surface area (Å²) in [5, 5.41) is 10.0. The Hall–Kier alpha value is -7.54. The molecule has 0 N–H and O–H groups in total. The van der Waals surface area contributed by atoms with E-state index in [1.54, 1.807) is 0 Å². The van der Waals surface area contributed by atoms with Crippen LogP contribution in [0.1, 0.15) is 0 Å². The van der Waals surface area contributed by atoms with Crippen molar-refractivity contribution in [1.82, 2.24) is 0 Å². The van der Waals surface area contributed by atoms with Crippen molar-refractivity contribution < 1.29 is 0 Å². The molecule has 0 aliphatic rings. The molecular formula is C58H38. The van der Waals surface area contributed by atoms with Crippen LogP contribution in [0.15, 0.2) is 231 Å². The molecule has 0 aliphatic heterocycles. The van der Waals surface area contributed by atoms with Gasteiger partial charge < -0.3 is 0 Å². The Morgan fingerprint density at radius 2 is 0.586 bits per heavy atom. The number of fused-ring (bicyclic) bond motifs is 4. The minimum absolute atomic E-state index is 1.20. The summed E-state index contributed by atoms with van der Waals surface area (Å²) in [7, 11) is 0. The van der Waals surface area contributed by atoms with Crippen LogP contribution in [0.2, 0.25) is 0 Å². The van der Waals surface area contributed by atoms with E-state index in [4.69, 9.17) is 0 Å². The molecule has 58 heavy (non-hydrogen) atoms. The van der Waals surface area contributed by atoms with Crippen LogP contribution in [-0.2, 0) is 0 Å². The molecule has 0 spiro atoms. The monoisotopic (exact) mass is 734 g/mol. The standard InChI is InChI=1S/C58H38/c1-4-16-40(17-5-1)49-28-15-29-51-48(36-37-50(58(49)51)41-18-6-2-7-19-41)45-34-35-54-55(38-45)57(43-21-8-3-9-22-43)53-26-13-12-25-52(53)56(54)44-32-30-42(31-33-44)47-27-14-23-39-20-10-11-24-46(39)47/h1-38H. The second-order valence-corrected chi connectivity index (χ2v) is 15.1. The van der Waals surface area contributed by atoms with E-state index in [9.17, 15) is 0 Å². The SMILES string of the molecule is c1ccc(-c2c3ccccc3c(-c3ccc(-c4cccc5ccccc45)cc3)c3ccc(-c4ccc(-c5ccccc5)c5c(-c6ccccc6)cccc45)cc23)cc1. The molecule has 270 valence electrons. The van der Waals surface area contributed by atoms with Crippen LogP contribution in [0.5, 0.6) is 0 Å². The van der Waals surface area contributed by atoms with E-state index in [-0.39, 0.29) is 0 Å². The van der Waals surface area contributed by atoms with Crippen LogP contribution >= 0.6 is 0 Å². The number of hydrogen-bond acceptors (Lipinski definition) is 0. The quantitative estimate of drug-likeness (QED) is 0.149. The van der Waals surface area contributed by atoms with Gasteiger partial charge in [-0.15, -0.1) is 0 Å². The molecule has 0 amide bonds. The van der Waals surface area contributed by atoms with Crippen LogP contribution in [-0.4, -0.2) is 0 Å². The van der Waals surface area contributed by atoms with Crippen LogP contribution in [0.25, 0.3) is 110 Å². The lowest BCUT2D eigenvalue weighted by atomic mass is 9.83. The zero-order valence-corrected chi connectivity index (χ0v) is 31.9. The predicted molar refractivity (Wildman–Crippen MR) is 249 cm³/mol. The maximum atomic E-state index is 2.45. The molecule has 0 bridgehead atoms. The third-order valence-corrected chi connectivity index (χ3v) is 11.9. The van der Waals surface area contributed by atoms with Crippen molar-refractivity contribution in [2.45, 2.75) is 0 Å². The van der Waals surface area contributed by atoms with Gasteiger partial charge in [0.05, 0.1) is 0 Å². The minimum atomic E-state index is 1.20. The minimum Gasteiger partial charge on any atom is -0.0622 e. The Balaban J connectivity index is 1.16. The summed E-state index contributed by atoms with van der Waals surface area (Å²) in [4.78, 5) is 0. The van der Waals surface area contributed by atoms with Gasteiger partial charge >= 0.3 is 0 Å². The van der Waals surface area contributed by atoms with Gasteiger partial charge in [-0.05, 0) is 116 Å². The first-order valence-corrected chi connectivity index (χ1v) is 20.1. The first kappa shape index (κ1) is 33.8. The summed E-state index contributed by atoms with van der Waals surface area (Å²) in [5.41, 5.74) is 14.8. The Morgan fingerprint density at radius 3 is 1.28 bits per heavy atom. The molecule has 0 aromatic heterocycles. The summed E-state index contributed by atoms with van der Waals surface area (Å²) < 4.78 is 0. The van der Waals surface area contributed by atoms with Gasteiger partial charge in [-0.25, -0.2) is 0 Å². The molecule has 0 heteroatoms. The molecule has 11 rings (SSSR count). The van der Waals surface area contributed by atoms with Crippen LogP contribution < -0.4 is 0 Å². The van der Waals surface area contributed by atoms with Crippen molar-refractivity contribution >= 4 is 43.1 Å². The fraction of sp³-hybridized carbons (Fsp3) is 0. The lowest BCUT2D eigenvalue weighted by molar-refractivity contribution is 1.61. The largest absolute Gasteiger partial charge is 0.0622 e. The van der Waals surface area contributed by atoms with Gasteiger partial charge in [-0.2, -0.15) is 0 Å². The number of benzene rings is 11. The molecule has 0 aliphatic carbocycles. The predicted octanol–water partition coefficient (Wildman–Crippen LogP) is 16.3. The van der Waals surface area contributed by atoms with Crippen molar-refractivity contribution in [3.8, 4) is 66.8 Å². The highest BCUT2D eigenvalue weighted by molar-refractivity contribution is 6.22. The van der Waals surface area contributed by atoms with Gasteiger partial charge in [0.1, 0.15) is 0 Å². The molecule has 0 nitrogen and oxygen atoms in total. The van der Waals surface area contributed by atoms with Gasteiger partial charge in [0.25, 0.3) is 0 Å². The van der Waals surface area contributed by atoms with E-state index in [0.29, 0.717) is 0 Å². The number of hydrogen-bond donors (Lipinski definition) is 0. The van der Waals surface area contributed by atoms with Gasteiger partial charge in [0.2, 0.25) is 0 Å². The van der Waals surface area contributed by atoms with Gasteiger partial charge in [-0.3, -0.25) is 0 Å². The van der Waals surface area contributed by atoms with Crippen molar-refractivity contribution in [2.24, 2.45) is 0 Å². The third-order valence-electron chi connectivity index (χ3n) is 11.9. The van der Waals surface area contributed by atoms with Crippen molar-refractivity contribution in [2.75, 3.05) is 0 Å². The van der Waals surface area contributed by atoms with Crippen molar-refractivity contribution in [1.29, 1.82) is 0 Å². The smallest absolute Gasteiger partial charge is 0.00206 e. The van der Waals surface area contributed by atoms with E-state index in [2.05, 4.69) is 231 Å². The van der Waals surface area contributed by atoms with E-state index in [1.807, 2.05) is 0 Å². The van der Waals surface area contributed by atoms with Crippen molar-refractivity contribution in [3.05, 3.63) is 231 Å². The highest BCUT2D eigenvalue weighted by Gasteiger charge is 2.20. The third kappa shape index (κ3) is 5.69. The highest BCUT2D eigenvalue weighted by Crippen LogP contribution is 2.47. The first-order chi connectivity index (χ1) is 28.8. The van der Waals surface area contributed by atoms with Crippen LogP contribution in [0, 0.1) is 0 Å². The summed E-state index contributed by atoms with van der Waals surface area (Å²) in [5.74, 6) is 0. The molecular weight excluding hydrogens is 697 g/mol. The Kier molecular flexibility index (Phi) is 8.26. The Bertz CT molecular complexity index is 3240. The molecule has 11 aromatic carbocycles. The fourth-order valence-electron chi connectivity index (χ4n) is 9.24. The highest BCUT2D eigenvalue weighted by atomic mass is 14.2. The fourth-order valence-corrected chi connectivity index (χ4v) is 9.24. The zero-order chi connectivity index (χ0) is 38.4. The van der Waals surface area contributed by atoms with Gasteiger partial charge in [-0.1, -0.05) is 224 Å². The van der Waals surface area contributed by atoms with Crippen molar-refractivity contribution in [3.63, 3.8) is 0 Å². The first-order valence-electron chi connectivity index (χ1n) is 20.1. The van der Waals surface area contributed by atoms with Gasteiger partial charge in [0.15, 0.2) is 0 Å². The van der Waals surface area contributed by atoms with Crippen LogP contribution in [0.4, 0.5) is 0 Å². The normalized spacial score (nSPS) is 11.4. The summed E-state index contributed by atoms with van der Waals surface area (Å²) >= 11 is 0. The second-order valence-electron chi connectivity index (χ2n) is 15.1. The van der Waals surface area contributed by atoms with Gasteiger partial charge in [0, 0.05) is 0 Å². The summed E-state index contributed by atoms with van der Waals surface area (Å²) in [6, 6.07) is 84.5. The Labute approximate surface area is 339 Å². The summed E-state index contributed by atoms with van der Waals surface area (Å²) in [6.45, 7) is 0. The zero-order valence-electron chi connectivity index (χ0n) is 31.9. The molecule has 0 fully saturated rings. The average Bonchev–Trinajstić information content (AvgIpc) is 3.31. The molecule has 0 radical (unpaired) electrons. The lowest BCUT2D eigenvalue weighted by Crippen LogP contribution is -1.93. The van der Waals surface area contributed by atoms with E-state index >= 15 is 0 Å². The number of rotatable bonds is 6. The average molecular weight is 735 g/mol. The second kappa shape index (κ2) is 14.2. The van der Waals surface area contributed by atoms with E-state index in [1.165, 1.54) is 110 Å².